The van der Waals surface area contributed by atoms with Gasteiger partial charge in [0, 0.05) is 0 Å². The molecule has 0 saturated heterocycles. The van der Waals surface area contributed by atoms with Gasteiger partial charge in [-0.1, -0.05) is 53.4 Å². The average Bonchev–Trinajstić information content (AvgIpc) is 2.82. The van der Waals surface area contributed by atoms with Crippen LogP contribution in [-0.2, 0) is 9.53 Å². The fourth-order valence-electron chi connectivity index (χ4n) is 1.36. The Kier molecular flexibility index (Phi) is 4.16. The first-order valence-electron chi connectivity index (χ1n) is 5.09. The van der Waals surface area contributed by atoms with Crippen LogP contribution in [0.15, 0.2) is 34.7 Å². The molecule has 2 rings (SSSR count). The van der Waals surface area contributed by atoms with Crippen molar-refractivity contribution in [2.24, 2.45) is 0 Å². The lowest BCUT2D eigenvalue weighted by Gasteiger charge is -2.12. The molecule has 1 aromatic heterocycles. The molecule has 0 bridgehead atoms. The normalized spacial score (nSPS) is 12.1. The zero-order valence-electron chi connectivity index (χ0n) is 9.57. The third-order valence-corrected chi connectivity index (χ3v) is 4.23. The van der Waals surface area contributed by atoms with Gasteiger partial charge in [0.2, 0.25) is 5.13 Å². The van der Waals surface area contributed by atoms with Crippen molar-refractivity contribution in [2.45, 2.75) is 9.59 Å². The Morgan fingerprint density at radius 2 is 2.11 bits per heavy atom. The highest BCUT2D eigenvalue weighted by Crippen LogP contribution is 2.37. The molecule has 0 radical (unpaired) electrons. The Hall–Kier alpha value is -1.60. The summed E-state index contributed by atoms with van der Waals surface area (Å²) < 4.78 is 5.46. The molecule has 7 heteroatoms. The van der Waals surface area contributed by atoms with Crippen molar-refractivity contribution in [3.8, 4) is 0 Å². The number of aromatic nitrogens is 2. The van der Waals surface area contributed by atoms with E-state index in [1.807, 2.05) is 30.3 Å². The lowest BCUT2D eigenvalue weighted by molar-refractivity contribution is -0.140. The van der Waals surface area contributed by atoms with E-state index in [4.69, 9.17) is 10.5 Å². The molecule has 2 N–H and O–H groups in total. The largest absolute Gasteiger partial charge is 0.468 e. The maximum Gasteiger partial charge on any atom is 0.323 e. The first-order valence-corrected chi connectivity index (χ1v) is 6.78. The molecule has 94 valence electrons. The second-order valence-electron chi connectivity index (χ2n) is 3.34. The molecule has 0 fully saturated rings. The Morgan fingerprint density at radius 1 is 1.39 bits per heavy atom. The van der Waals surface area contributed by atoms with Gasteiger partial charge in [-0.2, -0.15) is 0 Å². The SMILES string of the molecule is COC(=O)[C@@H](Sc1nnc(N)s1)c1ccccc1. The van der Waals surface area contributed by atoms with Crippen LogP contribution in [0.3, 0.4) is 0 Å². The summed E-state index contributed by atoms with van der Waals surface area (Å²) in [5.41, 5.74) is 6.38. The second kappa shape index (κ2) is 5.83. The van der Waals surface area contributed by atoms with E-state index in [2.05, 4.69) is 10.2 Å². The van der Waals surface area contributed by atoms with Gasteiger partial charge >= 0.3 is 5.97 Å². The van der Waals surface area contributed by atoms with E-state index in [9.17, 15) is 4.79 Å². The van der Waals surface area contributed by atoms with Gasteiger partial charge in [0.25, 0.3) is 0 Å². The molecule has 1 aromatic carbocycles. The smallest absolute Gasteiger partial charge is 0.323 e. The van der Waals surface area contributed by atoms with Crippen molar-refractivity contribution in [3.63, 3.8) is 0 Å². The van der Waals surface area contributed by atoms with Crippen LogP contribution in [0.25, 0.3) is 0 Å². The van der Waals surface area contributed by atoms with Crippen LogP contribution in [0.4, 0.5) is 5.13 Å². The van der Waals surface area contributed by atoms with Crippen LogP contribution in [0.1, 0.15) is 10.8 Å². The minimum Gasteiger partial charge on any atom is -0.468 e. The molecule has 0 saturated carbocycles. The number of nitrogens with zero attached hydrogens (tertiary/aromatic N) is 2. The van der Waals surface area contributed by atoms with Gasteiger partial charge in [0.15, 0.2) is 4.34 Å². The van der Waals surface area contributed by atoms with Gasteiger partial charge in [-0.05, 0) is 5.56 Å². The van der Waals surface area contributed by atoms with E-state index in [1.165, 1.54) is 30.2 Å². The van der Waals surface area contributed by atoms with Gasteiger partial charge in [-0.15, -0.1) is 10.2 Å². The number of benzene rings is 1. The van der Waals surface area contributed by atoms with Gasteiger partial charge in [0.05, 0.1) is 7.11 Å². The summed E-state index contributed by atoms with van der Waals surface area (Å²) in [7, 11) is 1.37. The van der Waals surface area contributed by atoms with Crippen molar-refractivity contribution in [1.29, 1.82) is 0 Å². The second-order valence-corrected chi connectivity index (χ2v) is 5.70. The molecule has 0 aliphatic rings. The van der Waals surface area contributed by atoms with E-state index < -0.39 is 5.25 Å². The third kappa shape index (κ3) is 2.99. The van der Waals surface area contributed by atoms with E-state index in [0.717, 1.165) is 5.56 Å². The number of carbonyl (C=O) groups excluding carboxylic acids is 1. The highest BCUT2D eigenvalue weighted by molar-refractivity contribution is 8.01. The van der Waals surface area contributed by atoms with E-state index in [-0.39, 0.29) is 5.97 Å². The fraction of sp³-hybridized carbons (Fsp3) is 0.182. The highest BCUT2D eigenvalue weighted by Gasteiger charge is 2.24. The first-order chi connectivity index (χ1) is 8.70. The van der Waals surface area contributed by atoms with Crippen molar-refractivity contribution in [1.82, 2.24) is 10.2 Å². The Bertz CT molecular complexity index is 530. The molecule has 0 spiro atoms. The molecule has 2 aromatic rings. The number of anilines is 1. The molecular weight excluding hydrogens is 270 g/mol. The lowest BCUT2D eigenvalue weighted by Crippen LogP contribution is -2.10. The van der Waals surface area contributed by atoms with Crippen LogP contribution in [0.2, 0.25) is 0 Å². The van der Waals surface area contributed by atoms with Crippen molar-refractivity contribution >= 4 is 34.2 Å². The summed E-state index contributed by atoms with van der Waals surface area (Å²) in [5, 5.41) is 7.55. The summed E-state index contributed by atoms with van der Waals surface area (Å²) in [6, 6.07) is 9.39. The molecule has 0 unspecified atom stereocenters. The monoisotopic (exact) mass is 281 g/mol. The predicted molar refractivity (Wildman–Crippen MR) is 71.4 cm³/mol. The molecule has 1 heterocycles. The van der Waals surface area contributed by atoms with E-state index in [0.29, 0.717) is 9.47 Å². The molecule has 1 atom stereocenters. The summed E-state index contributed by atoms with van der Waals surface area (Å²) >= 11 is 2.54. The molecule has 0 aliphatic carbocycles. The van der Waals surface area contributed by atoms with Crippen molar-refractivity contribution in [2.75, 3.05) is 12.8 Å². The number of nitrogens with two attached hydrogens (primary N) is 1. The molecule has 0 amide bonds. The minimum absolute atomic E-state index is 0.319. The van der Waals surface area contributed by atoms with Crippen LogP contribution in [-0.4, -0.2) is 23.3 Å². The van der Waals surface area contributed by atoms with E-state index >= 15 is 0 Å². The average molecular weight is 281 g/mol. The number of esters is 1. The number of thioether (sulfide) groups is 1. The number of carbonyl (C=O) groups is 1. The van der Waals surface area contributed by atoms with Crippen LogP contribution < -0.4 is 5.73 Å². The quantitative estimate of drug-likeness (QED) is 0.683. The number of nitrogen functional groups attached to an aromatic ring is 1. The topological polar surface area (TPSA) is 78.1 Å². The van der Waals surface area contributed by atoms with Gasteiger partial charge in [-0.25, -0.2) is 0 Å². The zero-order chi connectivity index (χ0) is 13.0. The Balaban J connectivity index is 2.24. The molecular formula is C11H11N3O2S2. The first kappa shape index (κ1) is 12.8. The van der Waals surface area contributed by atoms with Crippen molar-refractivity contribution < 1.29 is 9.53 Å². The third-order valence-electron chi connectivity index (χ3n) is 2.16. The zero-order valence-corrected chi connectivity index (χ0v) is 11.2. The number of hydrogen-bond donors (Lipinski definition) is 1. The van der Waals surface area contributed by atoms with Gasteiger partial charge in [-0.3, -0.25) is 4.79 Å². The fourth-order valence-corrected chi connectivity index (χ4v) is 3.21. The lowest BCUT2D eigenvalue weighted by atomic mass is 10.1. The maximum atomic E-state index is 11.8. The van der Waals surface area contributed by atoms with Gasteiger partial charge < -0.3 is 10.5 Å². The summed E-state index contributed by atoms with van der Waals surface area (Å²) in [6.07, 6.45) is 0. The van der Waals surface area contributed by atoms with Crippen molar-refractivity contribution in [3.05, 3.63) is 35.9 Å². The van der Waals surface area contributed by atoms with Crippen LogP contribution in [0, 0.1) is 0 Å². The number of rotatable bonds is 4. The summed E-state index contributed by atoms with van der Waals surface area (Å²) in [5.74, 6) is -0.319. The van der Waals surface area contributed by atoms with Crippen LogP contribution >= 0.6 is 23.1 Å². The predicted octanol–water partition coefficient (Wildman–Crippen LogP) is 2.13. The van der Waals surface area contributed by atoms with Gasteiger partial charge in [0.1, 0.15) is 5.25 Å². The van der Waals surface area contributed by atoms with E-state index in [1.54, 1.807) is 0 Å². The molecule has 5 nitrogen and oxygen atoms in total. The molecule has 18 heavy (non-hydrogen) atoms. The summed E-state index contributed by atoms with van der Waals surface area (Å²) in [6.45, 7) is 0. The molecule has 0 aliphatic heterocycles. The number of ether oxygens (including phenoxy) is 1. The highest BCUT2D eigenvalue weighted by atomic mass is 32.2. The van der Waals surface area contributed by atoms with Crippen LogP contribution in [0.5, 0.6) is 0 Å². The summed E-state index contributed by atoms with van der Waals surface area (Å²) in [4.78, 5) is 11.8. The minimum atomic E-state index is -0.455. The Labute approximate surface area is 112 Å². The number of methoxy groups -OCH3 is 1. The standard InChI is InChI=1S/C11H11N3O2S2/c1-16-9(15)8(7-5-3-2-4-6-7)17-11-14-13-10(12)18-11/h2-6,8H,1H3,(H2,12,13)/t8-/m0/s1. The Morgan fingerprint density at radius 3 is 2.67 bits per heavy atom. The number of hydrogen-bond acceptors (Lipinski definition) is 7. The maximum absolute atomic E-state index is 11.8.